The number of aryl methyl sites for hydroxylation is 1. The fraction of sp³-hybridized carbons (Fsp3) is 0.0526. The average Bonchev–Trinajstić information content (AvgIpc) is 2.92. The van der Waals surface area contributed by atoms with E-state index in [1.807, 2.05) is 61.5 Å². The van der Waals surface area contributed by atoms with Gasteiger partial charge in [-0.15, -0.1) is 0 Å². The maximum absolute atomic E-state index is 12.1. The SMILES string of the molecule is Cc1nn(-c2ccc(Br)cc2)c2oc(=O)cc(-c3ccccc3)c12. The molecule has 0 radical (unpaired) electrons. The monoisotopic (exact) mass is 380 g/mol. The Morgan fingerprint density at radius 1 is 1.04 bits per heavy atom. The molecule has 0 amide bonds. The summed E-state index contributed by atoms with van der Waals surface area (Å²) in [6.45, 7) is 1.92. The lowest BCUT2D eigenvalue weighted by molar-refractivity contribution is 0.536. The third-order valence-corrected chi connectivity index (χ3v) is 4.43. The fourth-order valence-corrected chi connectivity index (χ4v) is 3.09. The van der Waals surface area contributed by atoms with E-state index in [0.29, 0.717) is 5.71 Å². The lowest BCUT2D eigenvalue weighted by Crippen LogP contribution is -2.01. The van der Waals surface area contributed by atoms with Gasteiger partial charge in [-0.2, -0.15) is 9.78 Å². The summed E-state index contributed by atoms with van der Waals surface area (Å²) in [6.07, 6.45) is 0. The number of hydrogen-bond donors (Lipinski definition) is 0. The summed E-state index contributed by atoms with van der Waals surface area (Å²) in [5, 5.41) is 5.44. The quantitative estimate of drug-likeness (QED) is 0.505. The molecule has 2 aromatic heterocycles. The van der Waals surface area contributed by atoms with E-state index in [2.05, 4.69) is 21.0 Å². The standard InChI is InChI=1S/C19H13BrN2O2/c1-12-18-16(13-5-3-2-4-6-13)11-17(23)24-19(18)22(21-12)15-9-7-14(20)8-10-15/h2-11H,1H3. The van der Waals surface area contributed by atoms with Crippen LogP contribution < -0.4 is 5.63 Å². The van der Waals surface area contributed by atoms with Crippen LogP contribution in [-0.2, 0) is 0 Å². The lowest BCUT2D eigenvalue weighted by Gasteiger charge is -2.05. The third-order valence-electron chi connectivity index (χ3n) is 3.90. The first-order chi connectivity index (χ1) is 11.6. The van der Waals surface area contributed by atoms with Gasteiger partial charge in [-0.1, -0.05) is 46.3 Å². The normalized spacial score (nSPS) is 11.1. The highest BCUT2D eigenvalue weighted by Gasteiger charge is 2.17. The number of halogens is 1. The van der Waals surface area contributed by atoms with Crippen molar-refractivity contribution in [2.24, 2.45) is 0 Å². The number of hydrogen-bond acceptors (Lipinski definition) is 3. The van der Waals surface area contributed by atoms with Crippen LogP contribution in [0.15, 0.2) is 74.3 Å². The zero-order chi connectivity index (χ0) is 16.7. The number of aromatic nitrogens is 2. The van der Waals surface area contributed by atoms with E-state index in [4.69, 9.17) is 4.42 Å². The van der Waals surface area contributed by atoms with E-state index in [1.165, 1.54) is 6.07 Å². The third kappa shape index (κ3) is 2.47. The Labute approximate surface area is 146 Å². The van der Waals surface area contributed by atoms with Crippen molar-refractivity contribution in [3.63, 3.8) is 0 Å². The number of rotatable bonds is 2. The molecule has 0 saturated carbocycles. The molecule has 0 aliphatic heterocycles. The molecule has 4 rings (SSSR count). The minimum Gasteiger partial charge on any atom is -0.403 e. The molecule has 24 heavy (non-hydrogen) atoms. The highest BCUT2D eigenvalue weighted by atomic mass is 79.9. The number of benzene rings is 2. The Morgan fingerprint density at radius 2 is 1.75 bits per heavy atom. The second-order valence-electron chi connectivity index (χ2n) is 5.50. The van der Waals surface area contributed by atoms with E-state index < -0.39 is 0 Å². The Bertz CT molecular complexity index is 1080. The maximum Gasteiger partial charge on any atom is 0.338 e. The van der Waals surface area contributed by atoms with Gasteiger partial charge in [0.15, 0.2) is 0 Å². The van der Waals surface area contributed by atoms with Crippen molar-refractivity contribution in [2.75, 3.05) is 0 Å². The van der Waals surface area contributed by atoms with E-state index >= 15 is 0 Å². The van der Waals surface area contributed by atoms with Gasteiger partial charge in [-0.3, -0.25) is 0 Å². The van der Waals surface area contributed by atoms with Crippen LogP contribution in [0, 0.1) is 6.92 Å². The Morgan fingerprint density at radius 3 is 2.46 bits per heavy atom. The van der Waals surface area contributed by atoms with Gasteiger partial charge in [0, 0.05) is 16.1 Å². The van der Waals surface area contributed by atoms with Gasteiger partial charge < -0.3 is 4.42 Å². The second kappa shape index (κ2) is 5.76. The first-order valence-corrected chi connectivity index (χ1v) is 8.27. The Hall–Kier alpha value is -2.66. The zero-order valence-electron chi connectivity index (χ0n) is 12.9. The molecule has 0 unspecified atom stereocenters. The van der Waals surface area contributed by atoms with Gasteiger partial charge in [-0.05, 0) is 36.8 Å². The first kappa shape index (κ1) is 14.9. The van der Waals surface area contributed by atoms with Crippen LogP contribution in [0.1, 0.15) is 5.69 Å². The zero-order valence-corrected chi connectivity index (χ0v) is 14.4. The highest BCUT2D eigenvalue weighted by molar-refractivity contribution is 9.10. The number of nitrogens with zero attached hydrogens (tertiary/aromatic N) is 2. The summed E-state index contributed by atoms with van der Waals surface area (Å²) >= 11 is 3.42. The largest absolute Gasteiger partial charge is 0.403 e. The molecule has 2 heterocycles. The molecule has 118 valence electrons. The molecule has 4 aromatic rings. The van der Waals surface area contributed by atoms with E-state index in [0.717, 1.165) is 32.4 Å². The molecular formula is C19H13BrN2O2. The van der Waals surface area contributed by atoms with Crippen molar-refractivity contribution in [1.82, 2.24) is 9.78 Å². The summed E-state index contributed by atoms with van der Waals surface area (Å²) in [5.41, 5.74) is 3.53. The van der Waals surface area contributed by atoms with E-state index in [1.54, 1.807) is 4.68 Å². The van der Waals surface area contributed by atoms with Crippen molar-refractivity contribution < 1.29 is 4.42 Å². The second-order valence-corrected chi connectivity index (χ2v) is 6.41. The van der Waals surface area contributed by atoms with Crippen molar-refractivity contribution >= 4 is 27.0 Å². The molecule has 0 aliphatic carbocycles. The van der Waals surface area contributed by atoms with Gasteiger partial charge in [0.05, 0.1) is 16.8 Å². The fourth-order valence-electron chi connectivity index (χ4n) is 2.83. The van der Waals surface area contributed by atoms with E-state index in [9.17, 15) is 4.79 Å². The highest BCUT2D eigenvalue weighted by Crippen LogP contribution is 2.31. The van der Waals surface area contributed by atoms with Crippen LogP contribution in [0.2, 0.25) is 0 Å². The molecule has 4 nitrogen and oxygen atoms in total. The topological polar surface area (TPSA) is 48.0 Å². The molecule has 0 bridgehead atoms. The van der Waals surface area contributed by atoms with Crippen LogP contribution in [0.3, 0.4) is 0 Å². The van der Waals surface area contributed by atoms with Gasteiger partial charge in [0.2, 0.25) is 5.71 Å². The Kier molecular flexibility index (Phi) is 3.58. The van der Waals surface area contributed by atoms with Crippen molar-refractivity contribution in [3.8, 4) is 16.8 Å². The predicted molar refractivity (Wildman–Crippen MR) is 97.5 cm³/mol. The summed E-state index contributed by atoms with van der Waals surface area (Å²) < 4.78 is 8.14. The van der Waals surface area contributed by atoms with Crippen molar-refractivity contribution in [3.05, 3.63) is 81.3 Å². The molecule has 0 N–H and O–H groups in total. The van der Waals surface area contributed by atoms with Crippen LogP contribution in [0.25, 0.3) is 27.9 Å². The lowest BCUT2D eigenvalue weighted by atomic mass is 10.0. The molecule has 2 aromatic carbocycles. The smallest absolute Gasteiger partial charge is 0.338 e. The molecule has 0 aliphatic rings. The van der Waals surface area contributed by atoms with Crippen LogP contribution >= 0.6 is 15.9 Å². The summed E-state index contributed by atoms with van der Waals surface area (Å²) in [5.74, 6) is 0. The van der Waals surface area contributed by atoms with Gasteiger partial charge in [0.1, 0.15) is 0 Å². The predicted octanol–water partition coefficient (Wildman–Crippen LogP) is 4.72. The van der Waals surface area contributed by atoms with E-state index in [-0.39, 0.29) is 5.63 Å². The first-order valence-electron chi connectivity index (χ1n) is 7.48. The molecule has 0 atom stereocenters. The number of fused-ring (bicyclic) bond motifs is 1. The van der Waals surface area contributed by atoms with Gasteiger partial charge >= 0.3 is 5.63 Å². The molecule has 0 fully saturated rings. The summed E-state index contributed by atoms with van der Waals surface area (Å²) in [7, 11) is 0. The minimum absolute atomic E-state index is 0.389. The maximum atomic E-state index is 12.1. The average molecular weight is 381 g/mol. The molecule has 0 spiro atoms. The molecule has 0 saturated heterocycles. The molecule has 5 heteroatoms. The minimum atomic E-state index is -0.389. The van der Waals surface area contributed by atoms with Crippen LogP contribution in [0.4, 0.5) is 0 Å². The van der Waals surface area contributed by atoms with Gasteiger partial charge in [-0.25, -0.2) is 4.79 Å². The van der Waals surface area contributed by atoms with Crippen molar-refractivity contribution in [2.45, 2.75) is 6.92 Å². The van der Waals surface area contributed by atoms with Gasteiger partial charge in [0.25, 0.3) is 0 Å². The summed E-state index contributed by atoms with van der Waals surface area (Å²) in [6, 6.07) is 19.0. The van der Waals surface area contributed by atoms with Crippen LogP contribution in [-0.4, -0.2) is 9.78 Å². The summed E-state index contributed by atoms with van der Waals surface area (Å²) in [4.78, 5) is 12.1. The Balaban J connectivity index is 2.05. The molecular weight excluding hydrogens is 368 g/mol. The van der Waals surface area contributed by atoms with Crippen molar-refractivity contribution in [1.29, 1.82) is 0 Å². The van der Waals surface area contributed by atoms with Crippen LogP contribution in [0.5, 0.6) is 0 Å².